The van der Waals surface area contributed by atoms with E-state index in [1.807, 2.05) is 7.05 Å². The number of alkyl halides is 1. The van der Waals surface area contributed by atoms with E-state index < -0.39 is 5.67 Å². The van der Waals surface area contributed by atoms with Gasteiger partial charge in [-0.1, -0.05) is 0 Å². The van der Waals surface area contributed by atoms with Crippen LogP contribution in [0.2, 0.25) is 0 Å². The molecule has 1 fully saturated rings. The Labute approximate surface area is 67.6 Å². The molecular weight excluding hydrogens is 143 g/mol. The third kappa shape index (κ3) is 2.42. The van der Waals surface area contributed by atoms with Crippen molar-refractivity contribution >= 4 is 0 Å². The molecule has 0 spiro atoms. The lowest BCUT2D eigenvalue weighted by molar-refractivity contribution is 0.150. The van der Waals surface area contributed by atoms with Gasteiger partial charge in [0.1, 0.15) is 5.67 Å². The standard InChI is InChI=1S/C8H17FN2/c1-11-5-2-3-8(9,7-10)4-6-11/h2-7,10H2,1H3. The number of nitrogens with zero attached hydrogens (tertiary/aromatic N) is 1. The molecule has 66 valence electrons. The molecule has 11 heavy (non-hydrogen) atoms. The predicted octanol–water partition coefficient (Wildman–Crippen LogP) is 0.769. The zero-order valence-corrected chi connectivity index (χ0v) is 7.15. The maximum atomic E-state index is 13.6. The fourth-order valence-electron chi connectivity index (χ4n) is 1.50. The molecule has 0 radical (unpaired) electrons. The summed E-state index contributed by atoms with van der Waals surface area (Å²) in [6.07, 6.45) is 2.16. The molecule has 0 bridgehead atoms. The number of hydrogen-bond acceptors (Lipinski definition) is 2. The smallest absolute Gasteiger partial charge is 0.124 e. The van der Waals surface area contributed by atoms with E-state index in [0.717, 1.165) is 19.5 Å². The van der Waals surface area contributed by atoms with Gasteiger partial charge in [-0.25, -0.2) is 4.39 Å². The number of hydrogen-bond donors (Lipinski definition) is 1. The molecule has 2 nitrogen and oxygen atoms in total. The molecule has 0 saturated carbocycles. The SMILES string of the molecule is CN1CCCC(F)(CN)CC1. The second kappa shape index (κ2) is 3.50. The van der Waals surface area contributed by atoms with Crippen molar-refractivity contribution in [1.82, 2.24) is 4.90 Å². The van der Waals surface area contributed by atoms with Crippen molar-refractivity contribution < 1.29 is 4.39 Å². The van der Waals surface area contributed by atoms with Crippen LogP contribution in [0.5, 0.6) is 0 Å². The topological polar surface area (TPSA) is 29.3 Å². The number of halogens is 1. The maximum Gasteiger partial charge on any atom is 0.124 e. The van der Waals surface area contributed by atoms with Gasteiger partial charge in [-0.2, -0.15) is 0 Å². The monoisotopic (exact) mass is 160 g/mol. The molecule has 1 unspecified atom stereocenters. The van der Waals surface area contributed by atoms with E-state index in [0.29, 0.717) is 12.8 Å². The van der Waals surface area contributed by atoms with E-state index in [9.17, 15) is 4.39 Å². The van der Waals surface area contributed by atoms with Gasteiger partial charge >= 0.3 is 0 Å². The maximum absolute atomic E-state index is 13.6. The quantitative estimate of drug-likeness (QED) is 0.614. The summed E-state index contributed by atoms with van der Waals surface area (Å²) in [5.41, 5.74) is 4.28. The lowest BCUT2D eigenvalue weighted by atomic mass is 9.97. The molecule has 1 saturated heterocycles. The fraction of sp³-hybridized carbons (Fsp3) is 1.00. The molecule has 3 heteroatoms. The number of likely N-dealkylation sites (tertiary alicyclic amines) is 1. The highest BCUT2D eigenvalue weighted by Gasteiger charge is 2.29. The average Bonchev–Trinajstić information content (AvgIpc) is 2.15. The van der Waals surface area contributed by atoms with Gasteiger partial charge in [-0.15, -0.1) is 0 Å². The summed E-state index contributed by atoms with van der Waals surface area (Å²) < 4.78 is 13.6. The molecule has 1 atom stereocenters. The van der Waals surface area contributed by atoms with Gasteiger partial charge in [-0.3, -0.25) is 0 Å². The summed E-state index contributed by atoms with van der Waals surface area (Å²) >= 11 is 0. The Balaban J connectivity index is 2.45. The zero-order chi connectivity index (χ0) is 8.32. The predicted molar refractivity (Wildman–Crippen MR) is 44.2 cm³/mol. The number of nitrogens with two attached hydrogens (primary N) is 1. The van der Waals surface area contributed by atoms with Crippen molar-refractivity contribution in [3.05, 3.63) is 0 Å². The molecule has 2 N–H and O–H groups in total. The minimum Gasteiger partial charge on any atom is -0.328 e. The minimum atomic E-state index is -1.08. The normalized spacial score (nSPS) is 35.2. The second-order valence-electron chi connectivity index (χ2n) is 3.51. The van der Waals surface area contributed by atoms with Gasteiger partial charge in [0.25, 0.3) is 0 Å². The van der Waals surface area contributed by atoms with E-state index in [2.05, 4.69) is 4.90 Å². The van der Waals surface area contributed by atoms with Crippen LogP contribution < -0.4 is 5.73 Å². The van der Waals surface area contributed by atoms with Crippen LogP contribution in [0, 0.1) is 0 Å². The van der Waals surface area contributed by atoms with Crippen molar-refractivity contribution in [2.75, 3.05) is 26.7 Å². The molecule has 1 heterocycles. The largest absolute Gasteiger partial charge is 0.328 e. The Morgan fingerprint density at radius 2 is 2.18 bits per heavy atom. The van der Waals surface area contributed by atoms with Gasteiger partial charge < -0.3 is 10.6 Å². The third-order valence-corrected chi connectivity index (χ3v) is 2.47. The van der Waals surface area contributed by atoms with Crippen LogP contribution in [0.25, 0.3) is 0 Å². The highest BCUT2D eigenvalue weighted by Crippen LogP contribution is 2.24. The first-order valence-electron chi connectivity index (χ1n) is 4.24. The highest BCUT2D eigenvalue weighted by molar-refractivity contribution is 4.83. The first-order chi connectivity index (χ1) is 5.16. The minimum absolute atomic E-state index is 0.181. The van der Waals surface area contributed by atoms with Crippen molar-refractivity contribution in [1.29, 1.82) is 0 Å². The van der Waals surface area contributed by atoms with Gasteiger partial charge in [-0.05, 0) is 32.9 Å². The molecule has 0 aromatic carbocycles. The molecule has 0 aliphatic carbocycles. The van der Waals surface area contributed by atoms with Gasteiger partial charge in [0.05, 0.1) is 0 Å². The molecule has 0 aromatic heterocycles. The summed E-state index contributed by atoms with van der Waals surface area (Å²) in [5.74, 6) is 0. The Morgan fingerprint density at radius 3 is 2.82 bits per heavy atom. The average molecular weight is 160 g/mol. The molecule has 1 aliphatic heterocycles. The van der Waals surface area contributed by atoms with Crippen molar-refractivity contribution in [2.24, 2.45) is 5.73 Å². The van der Waals surface area contributed by atoms with Gasteiger partial charge in [0, 0.05) is 13.1 Å². The third-order valence-electron chi connectivity index (χ3n) is 2.47. The van der Waals surface area contributed by atoms with Crippen LogP contribution in [-0.2, 0) is 0 Å². The Kier molecular flexibility index (Phi) is 2.84. The summed E-state index contributed by atoms with van der Waals surface area (Å²) in [6, 6.07) is 0. The van der Waals surface area contributed by atoms with Crippen LogP contribution in [0.3, 0.4) is 0 Å². The van der Waals surface area contributed by atoms with E-state index in [-0.39, 0.29) is 6.54 Å². The molecule has 0 amide bonds. The number of rotatable bonds is 1. The molecular formula is C8H17FN2. The van der Waals surface area contributed by atoms with Crippen LogP contribution in [0.15, 0.2) is 0 Å². The van der Waals surface area contributed by atoms with Crippen molar-refractivity contribution in [3.63, 3.8) is 0 Å². The van der Waals surface area contributed by atoms with E-state index >= 15 is 0 Å². The summed E-state index contributed by atoms with van der Waals surface area (Å²) in [4.78, 5) is 2.16. The Hall–Kier alpha value is -0.150. The summed E-state index contributed by atoms with van der Waals surface area (Å²) in [5, 5.41) is 0. The van der Waals surface area contributed by atoms with Crippen molar-refractivity contribution in [2.45, 2.75) is 24.9 Å². The van der Waals surface area contributed by atoms with E-state index in [1.165, 1.54) is 0 Å². The van der Waals surface area contributed by atoms with Crippen LogP contribution in [0.4, 0.5) is 4.39 Å². The van der Waals surface area contributed by atoms with Gasteiger partial charge in [0.2, 0.25) is 0 Å². The first kappa shape index (κ1) is 8.94. The molecule has 0 aromatic rings. The Morgan fingerprint density at radius 1 is 1.45 bits per heavy atom. The van der Waals surface area contributed by atoms with E-state index in [4.69, 9.17) is 5.73 Å². The lowest BCUT2D eigenvalue weighted by Crippen LogP contribution is -2.33. The lowest BCUT2D eigenvalue weighted by Gasteiger charge is -2.20. The van der Waals surface area contributed by atoms with Crippen molar-refractivity contribution in [3.8, 4) is 0 Å². The zero-order valence-electron chi connectivity index (χ0n) is 7.15. The summed E-state index contributed by atoms with van der Waals surface area (Å²) in [7, 11) is 2.03. The van der Waals surface area contributed by atoms with Crippen LogP contribution in [0.1, 0.15) is 19.3 Å². The second-order valence-corrected chi connectivity index (χ2v) is 3.51. The molecule has 1 rings (SSSR count). The van der Waals surface area contributed by atoms with E-state index in [1.54, 1.807) is 0 Å². The highest BCUT2D eigenvalue weighted by atomic mass is 19.1. The Bertz CT molecular complexity index is 129. The molecule has 1 aliphatic rings. The first-order valence-corrected chi connectivity index (χ1v) is 4.24. The van der Waals surface area contributed by atoms with Gasteiger partial charge in [0.15, 0.2) is 0 Å². The van der Waals surface area contributed by atoms with Crippen LogP contribution in [-0.4, -0.2) is 37.3 Å². The summed E-state index contributed by atoms with van der Waals surface area (Å²) in [6.45, 7) is 2.03. The fourth-order valence-corrected chi connectivity index (χ4v) is 1.50. The van der Waals surface area contributed by atoms with Crippen LogP contribution >= 0.6 is 0 Å².